The van der Waals surface area contributed by atoms with Gasteiger partial charge >= 0.3 is 5.97 Å². The number of hydrogen-bond acceptors (Lipinski definition) is 5. The highest BCUT2D eigenvalue weighted by molar-refractivity contribution is 5.71. The normalized spacial score (nSPS) is 10.5. The largest absolute Gasteiger partial charge is 0.497 e. The standard InChI is InChI=1S/C20H22O5/c1-4-5-15-8-11-18(19(12-15)23-3)24-14-20(21)25-13-16-6-9-17(22-2)10-7-16/h4-12H,13-14H2,1-3H3. The Morgan fingerprint density at radius 2 is 1.76 bits per heavy atom. The molecule has 5 heteroatoms. The highest BCUT2D eigenvalue weighted by Crippen LogP contribution is 2.28. The number of esters is 1. The van der Waals surface area contributed by atoms with Crippen molar-refractivity contribution in [1.29, 1.82) is 0 Å². The second-order valence-corrected chi connectivity index (χ2v) is 5.21. The molecule has 0 atom stereocenters. The second kappa shape index (κ2) is 9.37. The van der Waals surface area contributed by atoms with Crippen molar-refractivity contribution in [2.24, 2.45) is 0 Å². The minimum Gasteiger partial charge on any atom is -0.497 e. The maximum Gasteiger partial charge on any atom is 0.344 e. The van der Waals surface area contributed by atoms with E-state index in [2.05, 4.69) is 0 Å². The zero-order chi connectivity index (χ0) is 18.1. The van der Waals surface area contributed by atoms with Gasteiger partial charge in [-0.3, -0.25) is 0 Å². The Hall–Kier alpha value is -2.95. The molecule has 0 unspecified atom stereocenters. The number of benzene rings is 2. The van der Waals surface area contributed by atoms with Crippen LogP contribution in [0.1, 0.15) is 18.1 Å². The lowest BCUT2D eigenvalue weighted by Gasteiger charge is -2.11. The van der Waals surface area contributed by atoms with E-state index in [1.807, 2.05) is 55.5 Å². The molecule has 0 aliphatic carbocycles. The Morgan fingerprint density at radius 1 is 1.00 bits per heavy atom. The van der Waals surface area contributed by atoms with Crippen LogP contribution in [0.3, 0.4) is 0 Å². The molecular formula is C20H22O5. The van der Waals surface area contributed by atoms with E-state index in [0.29, 0.717) is 11.5 Å². The van der Waals surface area contributed by atoms with Gasteiger partial charge in [0.15, 0.2) is 18.1 Å². The van der Waals surface area contributed by atoms with Crippen molar-refractivity contribution in [2.75, 3.05) is 20.8 Å². The fraction of sp³-hybridized carbons (Fsp3) is 0.250. The fourth-order valence-corrected chi connectivity index (χ4v) is 2.16. The molecule has 0 aromatic heterocycles. The predicted octanol–water partition coefficient (Wildman–Crippen LogP) is 3.86. The van der Waals surface area contributed by atoms with Crippen LogP contribution in [0, 0.1) is 0 Å². The molecule has 2 aromatic carbocycles. The highest BCUT2D eigenvalue weighted by Gasteiger charge is 2.09. The summed E-state index contributed by atoms with van der Waals surface area (Å²) in [5, 5.41) is 0. The van der Waals surface area contributed by atoms with E-state index in [-0.39, 0.29) is 13.2 Å². The van der Waals surface area contributed by atoms with Gasteiger partial charge in [-0.25, -0.2) is 4.79 Å². The molecule has 0 N–H and O–H groups in total. The quantitative estimate of drug-likeness (QED) is 0.682. The first kappa shape index (κ1) is 18.4. The molecule has 0 radical (unpaired) electrons. The molecule has 5 nitrogen and oxygen atoms in total. The number of ether oxygens (including phenoxy) is 4. The van der Waals surface area contributed by atoms with Crippen LogP contribution in [-0.2, 0) is 16.1 Å². The third kappa shape index (κ3) is 5.57. The van der Waals surface area contributed by atoms with Crippen LogP contribution in [0.5, 0.6) is 17.2 Å². The van der Waals surface area contributed by atoms with Crippen molar-refractivity contribution in [2.45, 2.75) is 13.5 Å². The summed E-state index contributed by atoms with van der Waals surface area (Å²) in [6, 6.07) is 12.8. The molecule has 0 spiro atoms. The third-order valence-corrected chi connectivity index (χ3v) is 3.45. The summed E-state index contributed by atoms with van der Waals surface area (Å²) < 4.78 is 21.1. The zero-order valence-electron chi connectivity index (χ0n) is 14.7. The van der Waals surface area contributed by atoms with Gasteiger partial charge in [0, 0.05) is 0 Å². The van der Waals surface area contributed by atoms with E-state index in [1.54, 1.807) is 20.3 Å². The summed E-state index contributed by atoms with van der Waals surface area (Å²) in [6.07, 6.45) is 3.89. The van der Waals surface area contributed by atoms with Gasteiger partial charge in [-0.2, -0.15) is 0 Å². The number of rotatable bonds is 8. The minimum atomic E-state index is -0.449. The molecule has 0 aliphatic rings. The molecule has 0 heterocycles. The summed E-state index contributed by atoms with van der Waals surface area (Å²) in [5.74, 6) is 1.37. The highest BCUT2D eigenvalue weighted by atomic mass is 16.6. The molecule has 0 bridgehead atoms. The maximum absolute atomic E-state index is 11.9. The van der Waals surface area contributed by atoms with E-state index in [1.165, 1.54) is 0 Å². The second-order valence-electron chi connectivity index (χ2n) is 5.21. The van der Waals surface area contributed by atoms with Crippen LogP contribution >= 0.6 is 0 Å². The van der Waals surface area contributed by atoms with Gasteiger partial charge in [-0.15, -0.1) is 0 Å². The first-order valence-corrected chi connectivity index (χ1v) is 7.88. The van der Waals surface area contributed by atoms with E-state index in [9.17, 15) is 4.79 Å². The lowest BCUT2D eigenvalue weighted by molar-refractivity contribution is -0.147. The van der Waals surface area contributed by atoms with Crippen molar-refractivity contribution in [1.82, 2.24) is 0 Å². The van der Waals surface area contributed by atoms with Crippen LogP contribution in [0.2, 0.25) is 0 Å². The summed E-state index contributed by atoms with van der Waals surface area (Å²) >= 11 is 0. The topological polar surface area (TPSA) is 54.0 Å². The summed E-state index contributed by atoms with van der Waals surface area (Å²) in [5.41, 5.74) is 1.87. The molecule has 0 saturated carbocycles. The van der Waals surface area contributed by atoms with Crippen molar-refractivity contribution >= 4 is 12.0 Å². The number of hydrogen-bond donors (Lipinski definition) is 0. The number of carbonyl (C=O) groups is 1. The van der Waals surface area contributed by atoms with Gasteiger partial charge in [-0.05, 0) is 42.3 Å². The molecule has 2 rings (SSSR count). The van der Waals surface area contributed by atoms with Crippen molar-refractivity contribution in [3.63, 3.8) is 0 Å². The molecule has 132 valence electrons. The zero-order valence-corrected chi connectivity index (χ0v) is 14.7. The van der Waals surface area contributed by atoms with Gasteiger partial charge < -0.3 is 18.9 Å². The Bertz CT molecular complexity index is 719. The van der Waals surface area contributed by atoms with Crippen LogP contribution in [0.15, 0.2) is 48.5 Å². The molecule has 2 aromatic rings. The first-order chi connectivity index (χ1) is 12.2. The molecular weight excluding hydrogens is 320 g/mol. The number of carbonyl (C=O) groups excluding carboxylic acids is 1. The third-order valence-electron chi connectivity index (χ3n) is 3.45. The average molecular weight is 342 g/mol. The van der Waals surface area contributed by atoms with E-state index < -0.39 is 5.97 Å². The Kier molecular flexibility index (Phi) is 6.89. The van der Waals surface area contributed by atoms with Crippen molar-refractivity contribution in [3.8, 4) is 17.2 Å². The van der Waals surface area contributed by atoms with Gasteiger partial charge in [0.25, 0.3) is 0 Å². The average Bonchev–Trinajstić information content (AvgIpc) is 2.65. The van der Waals surface area contributed by atoms with Crippen LogP contribution in [0.4, 0.5) is 0 Å². The molecule has 0 aliphatic heterocycles. The van der Waals surface area contributed by atoms with Crippen LogP contribution < -0.4 is 14.2 Å². The van der Waals surface area contributed by atoms with Crippen LogP contribution in [-0.4, -0.2) is 26.8 Å². The van der Waals surface area contributed by atoms with Gasteiger partial charge in [0.1, 0.15) is 12.4 Å². The van der Waals surface area contributed by atoms with Crippen LogP contribution in [0.25, 0.3) is 6.08 Å². The van der Waals surface area contributed by atoms with Gasteiger partial charge in [-0.1, -0.05) is 30.4 Å². The fourth-order valence-electron chi connectivity index (χ4n) is 2.16. The maximum atomic E-state index is 11.9. The Morgan fingerprint density at radius 3 is 2.40 bits per heavy atom. The molecule has 25 heavy (non-hydrogen) atoms. The monoisotopic (exact) mass is 342 g/mol. The Balaban J connectivity index is 1.86. The summed E-state index contributed by atoms with van der Waals surface area (Å²) in [6.45, 7) is 1.94. The number of methoxy groups -OCH3 is 2. The van der Waals surface area contributed by atoms with Crippen molar-refractivity contribution < 1.29 is 23.7 Å². The van der Waals surface area contributed by atoms with E-state index in [0.717, 1.165) is 16.9 Å². The smallest absolute Gasteiger partial charge is 0.344 e. The van der Waals surface area contributed by atoms with Gasteiger partial charge in [0.2, 0.25) is 0 Å². The summed E-state index contributed by atoms with van der Waals surface area (Å²) in [4.78, 5) is 11.9. The summed E-state index contributed by atoms with van der Waals surface area (Å²) in [7, 11) is 3.16. The SMILES string of the molecule is CC=Cc1ccc(OCC(=O)OCc2ccc(OC)cc2)c(OC)c1. The van der Waals surface area contributed by atoms with E-state index >= 15 is 0 Å². The molecule has 0 fully saturated rings. The number of allylic oxidation sites excluding steroid dienone is 1. The van der Waals surface area contributed by atoms with Gasteiger partial charge in [0.05, 0.1) is 14.2 Å². The first-order valence-electron chi connectivity index (χ1n) is 7.88. The lowest BCUT2D eigenvalue weighted by atomic mass is 10.2. The predicted molar refractivity (Wildman–Crippen MR) is 96.0 cm³/mol. The Labute approximate surface area is 147 Å². The van der Waals surface area contributed by atoms with Crippen molar-refractivity contribution in [3.05, 3.63) is 59.7 Å². The van der Waals surface area contributed by atoms with E-state index in [4.69, 9.17) is 18.9 Å². The molecule has 0 saturated heterocycles. The lowest BCUT2D eigenvalue weighted by Crippen LogP contribution is -2.15. The minimum absolute atomic E-state index is 0.184. The molecule has 0 amide bonds.